The molecule has 1 aromatic rings. The largest absolute Gasteiger partial charge is 0.309 e. The fourth-order valence-corrected chi connectivity index (χ4v) is 3.06. The van der Waals surface area contributed by atoms with Gasteiger partial charge < -0.3 is 10.2 Å². The number of hydrogen-bond donors (Lipinski definition) is 1. The number of hydrogen-bond acceptors (Lipinski definition) is 2. The van der Waals surface area contributed by atoms with E-state index in [0.29, 0.717) is 0 Å². The maximum atomic E-state index is 14.0. The number of rotatable bonds is 6. The van der Waals surface area contributed by atoms with Crippen LogP contribution in [0.3, 0.4) is 0 Å². The van der Waals surface area contributed by atoms with Gasteiger partial charge in [-0.25, -0.2) is 4.39 Å². The van der Waals surface area contributed by atoms with Crippen LogP contribution in [0.1, 0.15) is 44.7 Å². The van der Waals surface area contributed by atoms with E-state index in [4.69, 9.17) is 0 Å². The summed E-state index contributed by atoms with van der Waals surface area (Å²) in [4.78, 5) is 2.48. The van der Waals surface area contributed by atoms with E-state index in [-0.39, 0.29) is 11.9 Å². The Morgan fingerprint density at radius 1 is 1.40 bits per heavy atom. The monoisotopic (exact) mass is 278 g/mol. The lowest BCUT2D eigenvalue weighted by Gasteiger charge is -2.34. The Morgan fingerprint density at radius 2 is 2.20 bits per heavy atom. The molecule has 0 spiro atoms. The molecule has 1 aliphatic heterocycles. The van der Waals surface area contributed by atoms with E-state index in [1.165, 1.54) is 12.8 Å². The summed E-state index contributed by atoms with van der Waals surface area (Å²) in [5, 5.41) is 3.51. The molecule has 0 amide bonds. The Bertz CT molecular complexity index is 408. The topological polar surface area (TPSA) is 15.3 Å². The van der Waals surface area contributed by atoms with E-state index in [1.54, 1.807) is 12.1 Å². The third kappa shape index (κ3) is 4.29. The molecule has 1 saturated heterocycles. The predicted octanol–water partition coefficient (Wildman–Crippen LogP) is 3.60. The number of benzene rings is 1. The molecule has 3 heteroatoms. The fraction of sp³-hybridized carbons (Fsp3) is 0.647. The maximum absolute atomic E-state index is 14.0. The molecule has 1 heterocycles. The number of nitrogens with one attached hydrogen (secondary N) is 1. The second-order valence-corrected chi connectivity index (χ2v) is 6.04. The van der Waals surface area contributed by atoms with Gasteiger partial charge >= 0.3 is 0 Å². The molecule has 2 atom stereocenters. The van der Waals surface area contributed by atoms with Crippen LogP contribution in [0.15, 0.2) is 24.3 Å². The number of nitrogens with zero attached hydrogens (tertiary/aromatic N) is 1. The summed E-state index contributed by atoms with van der Waals surface area (Å²) in [6, 6.07) is 7.27. The number of piperidine rings is 1. The Balaban J connectivity index is 2.05. The van der Waals surface area contributed by atoms with E-state index in [1.807, 2.05) is 12.1 Å². The average molecular weight is 278 g/mol. The van der Waals surface area contributed by atoms with Crippen LogP contribution in [0, 0.1) is 11.7 Å². The highest BCUT2D eigenvalue weighted by Gasteiger charge is 2.22. The summed E-state index contributed by atoms with van der Waals surface area (Å²) >= 11 is 0. The first-order valence-electron chi connectivity index (χ1n) is 7.91. The lowest BCUT2D eigenvalue weighted by Crippen LogP contribution is -2.41. The summed E-state index contributed by atoms with van der Waals surface area (Å²) in [6.45, 7) is 8.58. The first-order valence-corrected chi connectivity index (χ1v) is 7.91. The van der Waals surface area contributed by atoms with Gasteiger partial charge in [0.25, 0.3) is 0 Å². The molecule has 112 valence electrons. The van der Waals surface area contributed by atoms with Crippen LogP contribution in [0.25, 0.3) is 0 Å². The van der Waals surface area contributed by atoms with E-state index < -0.39 is 0 Å². The molecule has 2 rings (SSSR count). The highest BCUT2D eigenvalue weighted by Crippen LogP contribution is 2.22. The van der Waals surface area contributed by atoms with Crippen molar-refractivity contribution in [1.29, 1.82) is 0 Å². The van der Waals surface area contributed by atoms with Crippen LogP contribution in [0.2, 0.25) is 0 Å². The van der Waals surface area contributed by atoms with Crippen LogP contribution in [-0.4, -0.2) is 31.1 Å². The minimum atomic E-state index is -0.0915. The minimum Gasteiger partial charge on any atom is -0.309 e. The summed E-state index contributed by atoms with van der Waals surface area (Å²) in [7, 11) is 0. The van der Waals surface area contributed by atoms with Gasteiger partial charge in [-0.15, -0.1) is 0 Å². The molecule has 0 bridgehead atoms. The minimum absolute atomic E-state index is 0.0915. The van der Waals surface area contributed by atoms with Crippen molar-refractivity contribution in [3.8, 4) is 0 Å². The summed E-state index contributed by atoms with van der Waals surface area (Å²) in [6.07, 6.45) is 3.66. The van der Waals surface area contributed by atoms with Crippen molar-refractivity contribution in [2.45, 2.75) is 39.2 Å². The molecular weight excluding hydrogens is 251 g/mol. The predicted molar refractivity (Wildman–Crippen MR) is 82.3 cm³/mol. The van der Waals surface area contributed by atoms with Gasteiger partial charge in [0, 0.05) is 24.7 Å². The van der Waals surface area contributed by atoms with Gasteiger partial charge in [-0.05, 0) is 44.3 Å². The van der Waals surface area contributed by atoms with E-state index in [9.17, 15) is 4.39 Å². The van der Waals surface area contributed by atoms with Crippen LogP contribution in [0.4, 0.5) is 4.39 Å². The normalized spacial score (nSPS) is 21.9. The maximum Gasteiger partial charge on any atom is 0.128 e. The van der Waals surface area contributed by atoms with Gasteiger partial charge in [-0.3, -0.25) is 0 Å². The first-order chi connectivity index (χ1) is 9.70. The molecule has 0 aliphatic carbocycles. The molecule has 2 unspecified atom stereocenters. The smallest absolute Gasteiger partial charge is 0.128 e. The third-order valence-electron chi connectivity index (χ3n) is 4.10. The molecule has 0 saturated carbocycles. The van der Waals surface area contributed by atoms with Crippen molar-refractivity contribution < 1.29 is 4.39 Å². The van der Waals surface area contributed by atoms with E-state index in [0.717, 1.165) is 44.1 Å². The summed E-state index contributed by atoms with van der Waals surface area (Å²) < 4.78 is 14.0. The average Bonchev–Trinajstić information content (AvgIpc) is 2.44. The molecule has 1 N–H and O–H groups in total. The van der Waals surface area contributed by atoms with Gasteiger partial charge in [-0.1, -0.05) is 32.0 Å². The van der Waals surface area contributed by atoms with Crippen molar-refractivity contribution in [2.75, 3.05) is 26.2 Å². The van der Waals surface area contributed by atoms with Gasteiger partial charge in [0.15, 0.2) is 0 Å². The van der Waals surface area contributed by atoms with Crippen molar-refractivity contribution in [3.05, 3.63) is 35.6 Å². The molecule has 0 aromatic heterocycles. The Labute approximate surface area is 122 Å². The van der Waals surface area contributed by atoms with Crippen LogP contribution in [0.5, 0.6) is 0 Å². The zero-order valence-electron chi connectivity index (χ0n) is 12.7. The SMILES string of the molecule is CCCNC(CN1CCCC(C)C1)c1ccccc1F. The fourth-order valence-electron chi connectivity index (χ4n) is 3.06. The highest BCUT2D eigenvalue weighted by atomic mass is 19.1. The van der Waals surface area contributed by atoms with Gasteiger partial charge in [-0.2, -0.15) is 0 Å². The lowest BCUT2D eigenvalue weighted by atomic mass is 9.98. The second-order valence-electron chi connectivity index (χ2n) is 6.04. The Kier molecular flexibility index (Phi) is 5.99. The van der Waals surface area contributed by atoms with E-state index in [2.05, 4.69) is 24.1 Å². The van der Waals surface area contributed by atoms with Crippen molar-refractivity contribution in [1.82, 2.24) is 10.2 Å². The van der Waals surface area contributed by atoms with Gasteiger partial charge in [0.2, 0.25) is 0 Å². The quantitative estimate of drug-likeness (QED) is 0.855. The second kappa shape index (κ2) is 7.75. The summed E-state index contributed by atoms with van der Waals surface area (Å²) in [5.74, 6) is 0.669. The molecular formula is C17H27FN2. The van der Waals surface area contributed by atoms with Crippen molar-refractivity contribution in [3.63, 3.8) is 0 Å². The third-order valence-corrected chi connectivity index (χ3v) is 4.10. The summed E-state index contributed by atoms with van der Waals surface area (Å²) in [5.41, 5.74) is 0.805. The molecule has 1 fully saturated rings. The molecule has 0 radical (unpaired) electrons. The van der Waals surface area contributed by atoms with Crippen LogP contribution >= 0.6 is 0 Å². The van der Waals surface area contributed by atoms with E-state index >= 15 is 0 Å². The zero-order valence-corrected chi connectivity index (χ0v) is 12.7. The first kappa shape index (κ1) is 15.5. The standard InChI is InChI=1S/C17H27FN2/c1-3-10-19-17(15-8-4-5-9-16(15)18)13-20-11-6-7-14(2)12-20/h4-5,8-9,14,17,19H,3,6-7,10-13H2,1-2H3. The lowest BCUT2D eigenvalue weighted by molar-refractivity contribution is 0.166. The highest BCUT2D eigenvalue weighted by molar-refractivity contribution is 5.21. The number of likely N-dealkylation sites (tertiary alicyclic amines) is 1. The molecule has 1 aromatic carbocycles. The Hall–Kier alpha value is -0.930. The molecule has 2 nitrogen and oxygen atoms in total. The van der Waals surface area contributed by atoms with Crippen molar-refractivity contribution >= 4 is 0 Å². The molecule has 1 aliphatic rings. The zero-order chi connectivity index (χ0) is 14.4. The van der Waals surface area contributed by atoms with Gasteiger partial charge in [0.05, 0.1) is 0 Å². The Morgan fingerprint density at radius 3 is 2.90 bits per heavy atom. The molecule has 20 heavy (non-hydrogen) atoms. The van der Waals surface area contributed by atoms with Gasteiger partial charge in [0.1, 0.15) is 5.82 Å². The number of halogens is 1. The van der Waals surface area contributed by atoms with Crippen molar-refractivity contribution in [2.24, 2.45) is 5.92 Å². The van der Waals surface area contributed by atoms with Crippen LogP contribution < -0.4 is 5.32 Å². The van der Waals surface area contributed by atoms with Crippen LogP contribution in [-0.2, 0) is 0 Å².